The molecule has 0 aromatic carbocycles. The number of ether oxygens (including phenoxy) is 1. The Balaban J connectivity index is 2.63. The van der Waals surface area contributed by atoms with Gasteiger partial charge >= 0.3 is 0 Å². The first kappa shape index (κ1) is 13.8. The summed E-state index contributed by atoms with van der Waals surface area (Å²) in [4.78, 5) is 10.8. The highest BCUT2D eigenvalue weighted by Gasteiger charge is 2.11. The fourth-order valence-corrected chi connectivity index (χ4v) is 1.61. The van der Waals surface area contributed by atoms with Gasteiger partial charge in [-0.2, -0.15) is 0 Å². The molecule has 6 heteroatoms. The standard InChI is InChI=1S/C11H19N3O3/c1-9(16)4-3-6-14-11(5-7-17-2)10(8-15)12-13-14/h8-9,16H,3-7H2,1-2H3. The van der Waals surface area contributed by atoms with Gasteiger partial charge in [0, 0.05) is 20.1 Å². The summed E-state index contributed by atoms with van der Waals surface area (Å²) in [5.74, 6) is 0. The Hall–Kier alpha value is -1.27. The van der Waals surface area contributed by atoms with Crippen molar-refractivity contribution in [1.82, 2.24) is 15.0 Å². The molecule has 0 radical (unpaired) electrons. The number of carbonyl (C=O) groups is 1. The number of hydrogen-bond donors (Lipinski definition) is 1. The van der Waals surface area contributed by atoms with Crippen LogP contribution >= 0.6 is 0 Å². The molecule has 0 aliphatic heterocycles. The van der Waals surface area contributed by atoms with Crippen molar-refractivity contribution in [1.29, 1.82) is 0 Å². The Morgan fingerprint density at radius 1 is 1.59 bits per heavy atom. The number of hydrogen-bond acceptors (Lipinski definition) is 5. The molecule has 0 bridgehead atoms. The lowest BCUT2D eigenvalue weighted by Crippen LogP contribution is -2.10. The maximum Gasteiger partial charge on any atom is 0.172 e. The molecule has 1 atom stereocenters. The molecule has 0 fully saturated rings. The molecule has 1 rings (SSSR count). The summed E-state index contributed by atoms with van der Waals surface area (Å²) in [5.41, 5.74) is 1.17. The number of aliphatic hydroxyl groups excluding tert-OH is 1. The van der Waals surface area contributed by atoms with Crippen molar-refractivity contribution >= 4 is 6.29 Å². The van der Waals surface area contributed by atoms with Gasteiger partial charge < -0.3 is 9.84 Å². The normalized spacial score (nSPS) is 12.6. The van der Waals surface area contributed by atoms with E-state index >= 15 is 0 Å². The fraction of sp³-hybridized carbons (Fsp3) is 0.727. The molecule has 0 aliphatic carbocycles. The topological polar surface area (TPSA) is 77.2 Å². The number of nitrogens with zero attached hydrogens (tertiary/aromatic N) is 3. The minimum absolute atomic E-state index is 0.313. The number of aromatic nitrogens is 3. The third kappa shape index (κ3) is 4.24. The number of rotatable bonds is 8. The third-order valence-corrected chi connectivity index (χ3v) is 2.51. The zero-order chi connectivity index (χ0) is 12.7. The molecule has 0 amide bonds. The number of aliphatic hydroxyl groups is 1. The number of methoxy groups -OCH3 is 1. The van der Waals surface area contributed by atoms with Crippen molar-refractivity contribution < 1.29 is 14.6 Å². The predicted molar refractivity (Wildman–Crippen MR) is 61.9 cm³/mol. The van der Waals surface area contributed by atoms with Gasteiger partial charge in [-0.1, -0.05) is 5.21 Å². The van der Waals surface area contributed by atoms with Gasteiger partial charge in [-0.05, 0) is 19.8 Å². The van der Waals surface area contributed by atoms with Gasteiger partial charge in [-0.15, -0.1) is 5.10 Å². The monoisotopic (exact) mass is 241 g/mol. The van der Waals surface area contributed by atoms with Crippen LogP contribution in [0.15, 0.2) is 0 Å². The molecular weight excluding hydrogens is 222 g/mol. The van der Waals surface area contributed by atoms with Crippen molar-refractivity contribution in [3.05, 3.63) is 11.4 Å². The molecule has 0 saturated carbocycles. The van der Waals surface area contributed by atoms with Crippen molar-refractivity contribution in [2.24, 2.45) is 0 Å². The van der Waals surface area contributed by atoms with Crippen LogP contribution in [0, 0.1) is 0 Å². The van der Waals surface area contributed by atoms with Gasteiger partial charge in [0.2, 0.25) is 0 Å². The van der Waals surface area contributed by atoms with Crippen molar-refractivity contribution in [3.63, 3.8) is 0 Å². The van der Waals surface area contributed by atoms with Gasteiger partial charge in [0.05, 0.1) is 18.4 Å². The van der Waals surface area contributed by atoms with E-state index in [1.165, 1.54) is 0 Å². The molecule has 1 aromatic heterocycles. The van der Waals surface area contributed by atoms with E-state index in [9.17, 15) is 9.90 Å². The van der Waals surface area contributed by atoms with Crippen LogP contribution in [0.4, 0.5) is 0 Å². The second kappa shape index (κ2) is 7.13. The Morgan fingerprint density at radius 2 is 2.35 bits per heavy atom. The van der Waals surface area contributed by atoms with Crippen molar-refractivity contribution in [3.8, 4) is 0 Å². The van der Waals surface area contributed by atoms with Crippen molar-refractivity contribution in [2.75, 3.05) is 13.7 Å². The van der Waals surface area contributed by atoms with Gasteiger partial charge in [0.25, 0.3) is 0 Å². The van der Waals surface area contributed by atoms with E-state index < -0.39 is 0 Å². The summed E-state index contributed by atoms with van der Waals surface area (Å²) in [6.45, 7) is 2.94. The average molecular weight is 241 g/mol. The van der Waals surface area contributed by atoms with Gasteiger partial charge in [-0.3, -0.25) is 4.79 Å². The summed E-state index contributed by atoms with van der Waals surface area (Å²) in [5, 5.41) is 16.9. The molecule has 1 unspecified atom stereocenters. The summed E-state index contributed by atoms with van der Waals surface area (Å²) in [6, 6.07) is 0. The lowest BCUT2D eigenvalue weighted by Gasteiger charge is -2.07. The highest BCUT2D eigenvalue weighted by atomic mass is 16.5. The molecule has 6 nitrogen and oxygen atoms in total. The lowest BCUT2D eigenvalue weighted by molar-refractivity contribution is 0.111. The summed E-state index contributed by atoms with van der Waals surface area (Å²) >= 11 is 0. The van der Waals surface area contributed by atoms with E-state index in [0.29, 0.717) is 38.0 Å². The summed E-state index contributed by atoms with van der Waals surface area (Å²) in [7, 11) is 1.61. The second-order valence-corrected chi connectivity index (χ2v) is 4.00. The van der Waals surface area contributed by atoms with Crippen LogP contribution in [0.3, 0.4) is 0 Å². The van der Waals surface area contributed by atoms with Crippen LogP contribution < -0.4 is 0 Å². The fourth-order valence-electron chi connectivity index (χ4n) is 1.61. The summed E-state index contributed by atoms with van der Waals surface area (Å²) < 4.78 is 6.70. The van der Waals surface area contributed by atoms with Gasteiger partial charge in [-0.25, -0.2) is 4.68 Å². The zero-order valence-corrected chi connectivity index (χ0v) is 10.3. The molecule has 96 valence electrons. The van der Waals surface area contributed by atoms with Crippen LogP contribution in [-0.4, -0.2) is 46.2 Å². The number of aldehydes is 1. The van der Waals surface area contributed by atoms with Crippen LogP contribution in [0.5, 0.6) is 0 Å². The highest BCUT2D eigenvalue weighted by Crippen LogP contribution is 2.07. The Bertz CT molecular complexity index is 350. The second-order valence-electron chi connectivity index (χ2n) is 4.00. The van der Waals surface area contributed by atoms with Crippen LogP contribution in [0.25, 0.3) is 0 Å². The quantitative estimate of drug-likeness (QED) is 0.668. The smallest absolute Gasteiger partial charge is 0.172 e. The largest absolute Gasteiger partial charge is 0.393 e. The van der Waals surface area contributed by atoms with Crippen LogP contribution in [0.2, 0.25) is 0 Å². The number of aryl methyl sites for hydroxylation is 1. The van der Waals surface area contributed by atoms with E-state index in [0.717, 1.165) is 12.1 Å². The average Bonchev–Trinajstić information content (AvgIpc) is 2.68. The Labute approximate surface area is 101 Å². The first-order valence-corrected chi connectivity index (χ1v) is 5.73. The minimum Gasteiger partial charge on any atom is -0.393 e. The highest BCUT2D eigenvalue weighted by molar-refractivity contribution is 5.73. The molecule has 0 spiro atoms. The van der Waals surface area contributed by atoms with Gasteiger partial charge in [0.1, 0.15) is 5.69 Å². The van der Waals surface area contributed by atoms with E-state index in [2.05, 4.69) is 10.3 Å². The molecular formula is C11H19N3O3. The lowest BCUT2D eigenvalue weighted by atomic mass is 10.2. The van der Waals surface area contributed by atoms with Crippen LogP contribution in [-0.2, 0) is 17.7 Å². The van der Waals surface area contributed by atoms with Crippen molar-refractivity contribution in [2.45, 2.75) is 38.8 Å². The van der Waals surface area contributed by atoms with E-state index in [-0.39, 0.29) is 6.10 Å². The summed E-state index contributed by atoms with van der Waals surface area (Å²) in [6.07, 6.45) is 2.53. The van der Waals surface area contributed by atoms with Gasteiger partial charge in [0.15, 0.2) is 6.29 Å². The molecule has 1 heterocycles. The molecule has 1 N–H and O–H groups in total. The maximum atomic E-state index is 10.8. The zero-order valence-electron chi connectivity index (χ0n) is 10.3. The third-order valence-electron chi connectivity index (χ3n) is 2.51. The van der Waals surface area contributed by atoms with E-state index in [1.54, 1.807) is 18.7 Å². The van der Waals surface area contributed by atoms with E-state index in [1.807, 2.05) is 0 Å². The molecule has 0 aliphatic rings. The minimum atomic E-state index is -0.313. The van der Waals surface area contributed by atoms with Crippen LogP contribution in [0.1, 0.15) is 35.9 Å². The molecule has 0 saturated heterocycles. The SMILES string of the molecule is COCCc1c(C=O)nnn1CCCC(C)O. The first-order chi connectivity index (χ1) is 8.19. The molecule has 1 aromatic rings. The van der Waals surface area contributed by atoms with E-state index in [4.69, 9.17) is 4.74 Å². The predicted octanol–water partition coefficient (Wildman–Crippen LogP) is 0.440. The Kier molecular flexibility index (Phi) is 5.79. The maximum absolute atomic E-state index is 10.8. The molecule has 17 heavy (non-hydrogen) atoms. The Morgan fingerprint density at radius 3 is 2.94 bits per heavy atom. The number of carbonyl (C=O) groups excluding carboxylic acids is 1. The first-order valence-electron chi connectivity index (χ1n) is 5.73.